The Balaban J connectivity index is 2.11. The number of amides is 1. The molecule has 0 saturated carbocycles. The average Bonchev–Trinajstić information content (AvgIpc) is 2.71. The summed E-state index contributed by atoms with van der Waals surface area (Å²) in [5, 5.41) is 12.0. The Kier molecular flexibility index (Phi) is 3.63. The molecule has 0 aromatic heterocycles. The minimum atomic E-state index is -0.0827. The van der Waals surface area contributed by atoms with Crippen molar-refractivity contribution in [1.29, 1.82) is 5.26 Å². The van der Waals surface area contributed by atoms with Gasteiger partial charge < -0.3 is 10.2 Å². The maximum atomic E-state index is 12.2. The summed E-state index contributed by atoms with van der Waals surface area (Å²) in [6.07, 6.45) is 0.830. The van der Waals surface area contributed by atoms with Crippen LogP contribution in [-0.4, -0.2) is 24.5 Å². The normalized spacial score (nSPS) is 19.3. The molecule has 0 spiro atoms. The van der Waals surface area contributed by atoms with Crippen LogP contribution < -0.4 is 10.2 Å². The topological polar surface area (TPSA) is 56.1 Å². The van der Waals surface area contributed by atoms with Gasteiger partial charge in [-0.05, 0) is 30.7 Å². The molecule has 1 aromatic rings. The lowest BCUT2D eigenvalue weighted by molar-refractivity contribution is -0.118. The molecule has 0 aliphatic carbocycles. The lowest BCUT2D eigenvalue weighted by atomic mass is 10.2. The molecule has 18 heavy (non-hydrogen) atoms. The van der Waals surface area contributed by atoms with Gasteiger partial charge in [0.2, 0.25) is 5.91 Å². The fourth-order valence-electron chi connectivity index (χ4n) is 2.21. The number of anilines is 1. The van der Waals surface area contributed by atoms with E-state index in [1.54, 1.807) is 17.0 Å². The highest BCUT2D eigenvalue weighted by Crippen LogP contribution is 2.22. The number of carbonyl (C=O) groups excluding carboxylic acids is 1. The van der Waals surface area contributed by atoms with E-state index in [4.69, 9.17) is 5.26 Å². The maximum absolute atomic E-state index is 12.2. The zero-order valence-electron chi connectivity index (χ0n) is 10.7. The van der Waals surface area contributed by atoms with Crippen LogP contribution in [0, 0.1) is 11.3 Å². The Bertz CT molecular complexity index is 473. The van der Waals surface area contributed by atoms with Crippen molar-refractivity contribution in [3.63, 3.8) is 0 Å². The number of benzene rings is 1. The fraction of sp³-hybridized carbons (Fsp3) is 0.429. The Hall–Kier alpha value is -1.86. The Morgan fingerprint density at radius 2 is 2.06 bits per heavy atom. The van der Waals surface area contributed by atoms with Crippen molar-refractivity contribution >= 4 is 11.6 Å². The molecule has 1 atom stereocenters. The van der Waals surface area contributed by atoms with E-state index in [2.05, 4.69) is 11.4 Å². The van der Waals surface area contributed by atoms with Gasteiger partial charge in [-0.25, -0.2) is 0 Å². The van der Waals surface area contributed by atoms with Gasteiger partial charge in [0, 0.05) is 18.3 Å². The highest BCUT2D eigenvalue weighted by molar-refractivity contribution is 5.99. The van der Waals surface area contributed by atoms with Crippen LogP contribution in [0.15, 0.2) is 24.3 Å². The van der Waals surface area contributed by atoms with Gasteiger partial charge in [-0.15, -0.1) is 0 Å². The van der Waals surface area contributed by atoms with E-state index >= 15 is 0 Å². The molecule has 1 N–H and O–H groups in total. The predicted octanol–water partition coefficient (Wildman–Crippen LogP) is 1.66. The third-order valence-electron chi connectivity index (χ3n) is 3.05. The van der Waals surface area contributed by atoms with Gasteiger partial charge in [0.05, 0.1) is 17.7 Å². The SMILES string of the molecule is CC(C)NC1CCN(c2ccc(C#N)cc2)C1=O. The molecule has 4 nitrogen and oxygen atoms in total. The molecule has 0 radical (unpaired) electrons. The van der Waals surface area contributed by atoms with E-state index in [1.165, 1.54) is 0 Å². The monoisotopic (exact) mass is 243 g/mol. The minimum absolute atomic E-state index is 0.0827. The zero-order chi connectivity index (χ0) is 13.1. The molecule has 1 fully saturated rings. The predicted molar refractivity (Wildman–Crippen MR) is 70.2 cm³/mol. The van der Waals surface area contributed by atoms with Gasteiger partial charge in [0.25, 0.3) is 0 Å². The highest BCUT2D eigenvalue weighted by Gasteiger charge is 2.32. The Morgan fingerprint density at radius 1 is 1.39 bits per heavy atom. The summed E-state index contributed by atoms with van der Waals surface area (Å²) in [6.45, 7) is 4.81. The molecule has 1 aliphatic heterocycles. The van der Waals surface area contributed by atoms with Crippen molar-refractivity contribution in [2.24, 2.45) is 0 Å². The number of rotatable bonds is 3. The number of hydrogen-bond donors (Lipinski definition) is 1. The van der Waals surface area contributed by atoms with Crippen LogP contribution in [0.2, 0.25) is 0 Å². The largest absolute Gasteiger partial charge is 0.311 e. The summed E-state index contributed by atoms with van der Waals surface area (Å²) >= 11 is 0. The molecule has 1 amide bonds. The maximum Gasteiger partial charge on any atom is 0.244 e. The smallest absolute Gasteiger partial charge is 0.244 e. The van der Waals surface area contributed by atoms with Gasteiger partial charge in [-0.3, -0.25) is 4.79 Å². The van der Waals surface area contributed by atoms with Crippen molar-refractivity contribution in [1.82, 2.24) is 5.32 Å². The van der Waals surface area contributed by atoms with Gasteiger partial charge >= 0.3 is 0 Å². The van der Waals surface area contributed by atoms with Crippen LogP contribution in [0.5, 0.6) is 0 Å². The van der Waals surface area contributed by atoms with Crippen molar-refractivity contribution < 1.29 is 4.79 Å². The number of nitrogens with one attached hydrogen (secondary N) is 1. The van der Waals surface area contributed by atoms with Gasteiger partial charge in [-0.2, -0.15) is 5.26 Å². The van der Waals surface area contributed by atoms with Crippen molar-refractivity contribution in [2.75, 3.05) is 11.4 Å². The Labute approximate surface area is 107 Å². The molecular formula is C14H17N3O. The first-order valence-corrected chi connectivity index (χ1v) is 6.19. The number of nitriles is 1. The Morgan fingerprint density at radius 3 is 2.61 bits per heavy atom. The van der Waals surface area contributed by atoms with E-state index in [9.17, 15) is 4.79 Å². The standard InChI is InChI=1S/C14H17N3O/c1-10(2)16-13-7-8-17(14(13)18)12-5-3-11(9-15)4-6-12/h3-6,10,13,16H,7-8H2,1-2H3. The second-order valence-electron chi connectivity index (χ2n) is 4.81. The van der Waals surface area contributed by atoms with E-state index in [0.717, 1.165) is 18.7 Å². The van der Waals surface area contributed by atoms with Crippen molar-refractivity contribution in [3.05, 3.63) is 29.8 Å². The van der Waals surface area contributed by atoms with Crippen LogP contribution in [-0.2, 0) is 4.79 Å². The summed E-state index contributed by atoms with van der Waals surface area (Å²) in [5.41, 5.74) is 1.48. The first kappa shape index (κ1) is 12.6. The molecule has 4 heteroatoms. The lowest BCUT2D eigenvalue weighted by Crippen LogP contribution is -2.41. The second kappa shape index (κ2) is 5.19. The van der Waals surface area contributed by atoms with Gasteiger partial charge in [0.15, 0.2) is 0 Å². The van der Waals surface area contributed by atoms with E-state index in [0.29, 0.717) is 11.6 Å². The molecule has 0 bridgehead atoms. The van der Waals surface area contributed by atoms with Crippen LogP contribution in [0.3, 0.4) is 0 Å². The third-order valence-corrected chi connectivity index (χ3v) is 3.05. The molecule has 94 valence electrons. The summed E-state index contributed by atoms with van der Waals surface area (Å²) in [5.74, 6) is 0.119. The molecule has 1 saturated heterocycles. The number of nitrogens with zero attached hydrogens (tertiary/aromatic N) is 2. The number of carbonyl (C=O) groups is 1. The molecule has 1 unspecified atom stereocenters. The molecule has 2 rings (SSSR count). The first-order valence-electron chi connectivity index (χ1n) is 6.19. The van der Waals surface area contributed by atoms with Crippen LogP contribution in [0.4, 0.5) is 5.69 Å². The van der Waals surface area contributed by atoms with Crippen LogP contribution >= 0.6 is 0 Å². The van der Waals surface area contributed by atoms with E-state index < -0.39 is 0 Å². The molecule has 1 aromatic carbocycles. The van der Waals surface area contributed by atoms with Crippen LogP contribution in [0.25, 0.3) is 0 Å². The van der Waals surface area contributed by atoms with Gasteiger partial charge in [0.1, 0.15) is 0 Å². The zero-order valence-corrected chi connectivity index (χ0v) is 10.7. The van der Waals surface area contributed by atoms with Crippen LogP contribution in [0.1, 0.15) is 25.8 Å². The molecule has 1 heterocycles. The van der Waals surface area contributed by atoms with E-state index in [-0.39, 0.29) is 11.9 Å². The summed E-state index contributed by atoms with van der Waals surface area (Å²) in [7, 11) is 0. The van der Waals surface area contributed by atoms with Gasteiger partial charge in [-0.1, -0.05) is 13.8 Å². The fourth-order valence-corrected chi connectivity index (χ4v) is 2.21. The highest BCUT2D eigenvalue weighted by atomic mass is 16.2. The quantitative estimate of drug-likeness (QED) is 0.878. The number of hydrogen-bond acceptors (Lipinski definition) is 3. The summed E-state index contributed by atoms with van der Waals surface area (Å²) in [6, 6.07) is 9.44. The first-order chi connectivity index (χ1) is 8.61. The third kappa shape index (κ3) is 2.52. The average molecular weight is 243 g/mol. The minimum Gasteiger partial charge on any atom is -0.311 e. The molecular weight excluding hydrogens is 226 g/mol. The lowest BCUT2D eigenvalue weighted by Gasteiger charge is -2.18. The van der Waals surface area contributed by atoms with E-state index in [1.807, 2.05) is 26.0 Å². The van der Waals surface area contributed by atoms with Crippen molar-refractivity contribution in [3.8, 4) is 6.07 Å². The van der Waals surface area contributed by atoms with Crippen molar-refractivity contribution in [2.45, 2.75) is 32.4 Å². The second-order valence-corrected chi connectivity index (χ2v) is 4.81. The summed E-state index contributed by atoms with van der Waals surface area (Å²) < 4.78 is 0. The summed E-state index contributed by atoms with van der Waals surface area (Å²) in [4.78, 5) is 14.0. The molecule has 1 aliphatic rings.